The minimum Gasteiger partial charge on any atom is -0.338 e. The highest BCUT2D eigenvalue weighted by Gasteiger charge is 2.25. The summed E-state index contributed by atoms with van der Waals surface area (Å²) in [6.45, 7) is 5.41. The Kier molecular flexibility index (Phi) is 2.95. The van der Waals surface area contributed by atoms with Crippen LogP contribution in [0.1, 0.15) is 29.3 Å². The second kappa shape index (κ2) is 4.24. The molecule has 1 aliphatic heterocycles. The predicted octanol–water partition coefficient (Wildman–Crippen LogP) is 2.62. The van der Waals surface area contributed by atoms with Gasteiger partial charge in [0.05, 0.1) is 5.56 Å². The molecule has 0 N–H and O–H groups in total. The number of carbonyl (C=O) groups is 1. The maximum atomic E-state index is 13.6. The van der Waals surface area contributed by atoms with Crippen LogP contribution in [0.2, 0.25) is 0 Å². The number of hydrogen-bond donors (Lipinski definition) is 0. The minimum atomic E-state index is -0.412. The number of aryl methyl sites for hydroxylation is 1. The van der Waals surface area contributed by atoms with Gasteiger partial charge in [-0.05, 0) is 37.0 Å². The van der Waals surface area contributed by atoms with Gasteiger partial charge >= 0.3 is 0 Å². The number of amides is 1. The van der Waals surface area contributed by atoms with Crippen LogP contribution in [-0.4, -0.2) is 23.9 Å². The highest BCUT2D eigenvalue weighted by atomic mass is 19.1. The summed E-state index contributed by atoms with van der Waals surface area (Å²) >= 11 is 0. The third-order valence-corrected chi connectivity index (χ3v) is 3.07. The number of nitrogens with zero attached hydrogens (tertiary/aromatic N) is 1. The Morgan fingerprint density at radius 2 is 2.25 bits per heavy atom. The Balaban J connectivity index is 2.21. The van der Waals surface area contributed by atoms with Gasteiger partial charge in [-0.15, -0.1) is 0 Å². The molecule has 1 heterocycles. The van der Waals surface area contributed by atoms with Crippen LogP contribution in [0.25, 0.3) is 0 Å². The molecule has 1 unspecified atom stereocenters. The van der Waals surface area contributed by atoms with Gasteiger partial charge < -0.3 is 4.90 Å². The van der Waals surface area contributed by atoms with Crippen molar-refractivity contribution in [3.63, 3.8) is 0 Å². The molecule has 0 radical (unpaired) electrons. The second-order valence-electron chi connectivity index (χ2n) is 4.63. The monoisotopic (exact) mass is 221 g/mol. The van der Waals surface area contributed by atoms with Crippen LogP contribution in [-0.2, 0) is 0 Å². The normalized spacial score (nSPS) is 20.2. The number of halogens is 1. The topological polar surface area (TPSA) is 20.3 Å². The van der Waals surface area contributed by atoms with E-state index >= 15 is 0 Å². The van der Waals surface area contributed by atoms with Crippen molar-refractivity contribution in [1.29, 1.82) is 0 Å². The van der Waals surface area contributed by atoms with Gasteiger partial charge in [-0.1, -0.05) is 13.0 Å². The Labute approximate surface area is 95.1 Å². The molecule has 0 saturated carbocycles. The summed E-state index contributed by atoms with van der Waals surface area (Å²) < 4.78 is 13.6. The van der Waals surface area contributed by atoms with Crippen LogP contribution in [0.4, 0.5) is 4.39 Å². The second-order valence-corrected chi connectivity index (χ2v) is 4.63. The number of hydrogen-bond acceptors (Lipinski definition) is 1. The molecular formula is C13H16FNO. The Morgan fingerprint density at radius 3 is 2.81 bits per heavy atom. The Hall–Kier alpha value is -1.38. The maximum absolute atomic E-state index is 13.6. The van der Waals surface area contributed by atoms with Crippen LogP contribution in [0, 0.1) is 18.7 Å². The summed E-state index contributed by atoms with van der Waals surface area (Å²) in [4.78, 5) is 13.7. The number of benzene rings is 1. The van der Waals surface area contributed by atoms with E-state index in [0.717, 1.165) is 25.1 Å². The van der Waals surface area contributed by atoms with Gasteiger partial charge in [-0.3, -0.25) is 4.79 Å². The molecule has 1 aliphatic rings. The molecule has 1 atom stereocenters. The zero-order chi connectivity index (χ0) is 11.7. The van der Waals surface area contributed by atoms with Crippen LogP contribution in [0.5, 0.6) is 0 Å². The predicted molar refractivity (Wildman–Crippen MR) is 60.8 cm³/mol. The lowest BCUT2D eigenvalue weighted by molar-refractivity contribution is 0.0783. The van der Waals surface area contributed by atoms with Crippen molar-refractivity contribution < 1.29 is 9.18 Å². The summed E-state index contributed by atoms with van der Waals surface area (Å²) in [5.41, 5.74) is 1.03. The highest BCUT2D eigenvalue weighted by Crippen LogP contribution is 2.19. The van der Waals surface area contributed by atoms with Gasteiger partial charge in [0.15, 0.2) is 0 Å². The zero-order valence-corrected chi connectivity index (χ0v) is 9.66. The van der Waals surface area contributed by atoms with Gasteiger partial charge in [0.2, 0.25) is 0 Å². The smallest absolute Gasteiger partial charge is 0.256 e. The standard InChI is InChI=1S/C13H16FNO/c1-9-3-4-11(12(14)7-9)13(16)15-6-5-10(2)8-15/h3-4,7,10H,5-6,8H2,1-2H3. The number of rotatable bonds is 1. The first-order valence-electron chi connectivity index (χ1n) is 5.63. The molecule has 1 saturated heterocycles. The largest absolute Gasteiger partial charge is 0.338 e. The fourth-order valence-electron chi connectivity index (χ4n) is 2.08. The summed E-state index contributed by atoms with van der Waals surface area (Å²) in [5, 5.41) is 0. The highest BCUT2D eigenvalue weighted by molar-refractivity contribution is 5.94. The van der Waals surface area contributed by atoms with Crippen molar-refractivity contribution in [2.24, 2.45) is 5.92 Å². The van der Waals surface area contributed by atoms with E-state index in [0.29, 0.717) is 5.92 Å². The minimum absolute atomic E-state index is 0.179. The molecule has 0 spiro atoms. The molecule has 2 nitrogen and oxygen atoms in total. The van der Waals surface area contributed by atoms with Crippen LogP contribution in [0.3, 0.4) is 0 Å². The summed E-state index contributed by atoms with van der Waals surface area (Å²) in [6.07, 6.45) is 1.01. The van der Waals surface area contributed by atoms with Gasteiger partial charge in [0, 0.05) is 13.1 Å². The molecule has 3 heteroatoms. The third kappa shape index (κ3) is 2.08. The van der Waals surface area contributed by atoms with E-state index < -0.39 is 5.82 Å². The van der Waals surface area contributed by atoms with Crippen molar-refractivity contribution in [3.8, 4) is 0 Å². The van der Waals surface area contributed by atoms with E-state index in [1.807, 2.05) is 6.92 Å². The zero-order valence-electron chi connectivity index (χ0n) is 9.66. The average Bonchev–Trinajstić information content (AvgIpc) is 2.64. The third-order valence-electron chi connectivity index (χ3n) is 3.07. The maximum Gasteiger partial charge on any atom is 0.256 e. The first-order valence-corrected chi connectivity index (χ1v) is 5.63. The molecule has 86 valence electrons. The van der Waals surface area contributed by atoms with Crippen molar-refractivity contribution in [1.82, 2.24) is 4.90 Å². The Bertz CT molecular complexity index is 416. The molecule has 2 rings (SSSR count). The van der Waals surface area contributed by atoms with E-state index in [1.165, 1.54) is 6.07 Å². The average molecular weight is 221 g/mol. The molecule has 0 bridgehead atoms. The van der Waals surface area contributed by atoms with Crippen molar-refractivity contribution in [2.45, 2.75) is 20.3 Å². The van der Waals surface area contributed by atoms with Crippen LogP contribution >= 0.6 is 0 Å². The lowest BCUT2D eigenvalue weighted by Crippen LogP contribution is -2.29. The van der Waals surface area contributed by atoms with E-state index in [2.05, 4.69) is 6.92 Å². The van der Waals surface area contributed by atoms with Gasteiger partial charge in [-0.25, -0.2) is 4.39 Å². The lowest BCUT2D eigenvalue weighted by atomic mass is 10.1. The molecular weight excluding hydrogens is 205 g/mol. The van der Waals surface area contributed by atoms with Gasteiger partial charge in [0.1, 0.15) is 5.82 Å². The van der Waals surface area contributed by atoms with Gasteiger partial charge in [-0.2, -0.15) is 0 Å². The molecule has 0 aromatic heterocycles. The fraction of sp³-hybridized carbons (Fsp3) is 0.462. The lowest BCUT2D eigenvalue weighted by Gasteiger charge is -2.16. The quantitative estimate of drug-likeness (QED) is 0.713. The SMILES string of the molecule is Cc1ccc(C(=O)N2CCC(C)C2)c(F)c1. The van der Waals surface area contributed by atoms with Crippen molar-refractivity contribution >= 4 is 5.91 Å². The molecule has 1 amide bonds. The molecule has 16 heavy (non-hydrogen) atoms. The van der Waals surface area contributed by atoms with Crippen LogP contribution < -0.4 is 0 Å². The molecule has 1 aromatic carbocycles. The van der Waals surface area contributed by atoms with E-state index in [4.69, 9.17) is 0 Å². The molecule has 1 aromatic rings. The van der Waals surface area contributed by atoms with E-state index in [9.17, 15) is 9.18 Å². The van der Waals surface area contributed by atoms with Crippen molar-refractivity contribution in [2.75, 3.05) is 13.1 Å². The molecule has 1 fully saturated rings. The number of likely N-dealkylation sites (tertiary alicyclic amines) is 1. The first kappa shape index (κ1) is 11.1. The first-order chi connectivity index (χ1) is 7.58. The summed E-state index contributed by atoms with van der Waals surface area (Å²) in [5.74, 6) is -0.0659. The van der Waals surface area contributed by atoms with E-state index in [1.54, 1.807) is 17.0 Å². The van der Waals surface area contributed by atoms with E-state index in [-0.39, 0.29) is 11.5 Å². The van der Waals surface area contributed by atoms with Crippen molar-refractivity contribution in [3.05, 3.63) is 35.1 Å². The summed E-state index contributed by atoms with van der Waals surface area (Å²) in [7, 11) is 0. The van der Waals surface area contributed by atoms with Gasteiger partial charge in [0.25, 0.3) is 5.91 Å². The summed E-state index contributed by atoms with van der Waals surface area (Å²) in [6, 6.07) is 4.76. The Morgan fingerprint density at radius 1 is 1.50 bits per heavy atom. The van der Waals surface area contributed by atoms with Crippen LogP contribution in [0.15, 0.2) is 18.2 Å². The number of carbonyl (C=O) groups excluding carboxylic acids is 1. The fourth-order valence-corrected chi connectivity index (χ4v) is 2.08. The molecule has 0 aliphatic carbocycles.